The standard InChI is InChI=1S/C13H20ClN3O/c1-18-8-7-17-6-2-3-12(10-17)16-13-5-4-11(14)9-15-13/h4-5,9,12H,2-3,6-8,10H2,1H3,(H,15,16)/t12-/m1/s1. The average molecular weight is 270 g/mol. The van der Waals surface area contributed by atoms with Gasteiger partial charge in [-0.1, -0.05) is 11.6 Å². The minimum absolute atomic E-state index is 0.462. The number of halogens is 1. The molecule has 0 bridgehead atoms. The second-order valence-corrected chi connectivity index (χ2v) is 5.07. The Bertz CT molecular complexity index is 358. The first-order valence-electron chi connectivity index (χ1n) is 6.37. The topological polar surface area (TPSA) is 37.4 Å². The zero-order valence-corrected chi connectivity index (χ0v) is 11.5. The van der Waals surface area contributed by atoms with E-state index in [-0.39, 0.29) is 0 Å². The minimum Gasteiger partial charge on any atom is -0.383 e. The second kappa shape index (κ2) is 6.92. The van der Waals surface area contributed by atoms with Crippen LogP contribution in [0.1, 0.15) is 12.8 Å². The van der Waals surface area contributed by atoms with Crippen LogP contribution >= 0.6 is 11.6 Å². The van der Waals surface area contributed by atoms with Crippen LogP contribution in [0.5, 0.6) is 0 Å². The van der Waals surface area contributed by atoms with Crippen LogP contribution in [0, 0.1) is 0 Å². The number of aromatic nitrogens is 1. The molecule has 1 fully saturated rings. The van der Waals surface area contributed by atoms with E-state index >= 15 is 0 Å². The van der Waals surface area contributed by atoms with E-state index in [0.29, 0.717) is 11.1 Å². The van der Waals surface area contributed by atoms with E-state index in [1.54, 1.807) is 13.3 Å². The summed E-state index contributed by atoms with van der Waals surface area (Å²) in [6.45, 7) is 4.01. The van der Waals surface area contributed by atoms with Crippen LogP contribution in [0.15, 0.2) is 18.3 Å². The van der Waals surface area contributed by atoms with E-state index in [9.17, 15) is 0 Å². The number of piperidine rings is 1. The lowest BCUT2D eigenvalue weighted by Crippen LogP contribution is -2.43. The summed E-state index contributed by atoms with van der Waals surface area (Å²) in [6.07, 6.45) is 4.08. The molecule has 0 saturated carbocycles. The van der Waals surface area contributed by atoms with Crippen molar-refractivity contribution in [1.29, 1.82) is 0 Å². The molecule has 18 heavy (non-hydrogen) atoms. The number of methoxy groups -OCH3 is 1. The zero-order valence-electron chi connectivity index (χ0n) is 10.7. The first-order chi connectivity index (χ1) is 8.78. The molecule has 0 aliphatic carbocycles. The molecule has 0 aromatic carbocycles. The zero-order chi connectivity index (χ0) is 12.8. The van der Waals surface area contributed by atoms with E-state index in [0.717, 1.165) is 32.1 Å². The number of hydrogen-bond acceptors (Lipinski definition) is 4. The molecule has 4 nitrogen and oxygen atoms in total. The van der Waals surface area contributed by atoms with Gasteiger partial charge in [0.05, 0.1) is 11.6 Å². The second-order valence-electron chi connectivity index (χ2n) is 4.64. The molecule has 1 atom stereocenters. The molecule has 0 spiro atoms. The van der Waals surface area contributed by atoms with Gasteiger partial charge >= 0.3 is 0 Å². The molecule has 2 heterocycles. The fraction of sp³-hybridized carbons (Fsp3) is 0.615. The minimum atomic E-state index is 0.462. The van der Waals surface area contributed by atoms with Crippen LogP contribution in [-0.4, -0.2) is 49.3 Å². The molecular formula is C13H20ClN3O. The van der Waals surface area contributed by atoms with Gasteiger partial charge in [-0.05, 0) is 31.5 Å². The highest BCUT2D eigenvalue weighted by Gasteiger charge is 2.19. The molecule has 2 rings (SSSR count). The molecule has 0 unspecified atom stereocenters. The molecule has 1 aromatic rings. The monoisotopic (exact) mass is 269 g/mol. The number of nitrogens with zero attached hydrogens (tertiary/aromatic N) is 2. The average Bonchev–Trinajstić information content (AvgIpc) is 2.40. The molecule has 0 amide bonds. The van der Waals surface area contributed by atoms with Crippen LogP contribution in [0.2, 0.25) is 5.02 Å². The van der Waals surface area contributed by atoms with Crippen LogP contribution in [0.4, 0.5) is 5.82 Å². The summed E-state index contributed by atoms with van der Waals surface area (Å²) < 4.78 is 5.12. The first-order valence-corrected chi connectivity index (χ1v) is 6.75. The van der Waals surface area contributed by atoms with Crippen molar-refractivity contribution in [2.45, 2.75) is 18.9 Å². The summed E-state index contributed by atoms with van der Waals surface area (Å²) in [5.41, 5.74) is 0. The molecule has 5 heteroatoms. The predicted octanol–water partition coefficient (Wildman–Crippen LogP) is 2.26. The Morgan fingerprint density at radius 2 is 2.44 bits per heavy atom. The molecule has 1 aromatic heterocycles. The van der Waals surface area contributed by atoms with Crippen molar-refractivity contribution in [3.8, 4) is 0 Å². The quantitative estimate of drug-likeness (QED) is 0.890. The van der Waals surface area contributed by atoms with Crippen LogP contribution in [0.3, 0.4) is 0 Å². The van der Waals surface area contributed by atoms with Gasteiger partial charge in [0.25, 0.3) is 0 Å². The highest BCUT2D eigenvalue weighted by atomic mass is 35.5. The SMILES string of the molecule is COCCN1CCC[C@@H](Nc2ccc(Cl)cn2)C1. The van der Waals surface area contributed by atoms with E-state index in [1.165, 1.54) is 12.8 Å². The highest BCUT2D eigenvalue weighted by Crippen LogP contribution is 2.16. The van der Waals surface area contributed by atoms with Crippen molar-refractivity contribution in [3.05, 3.63) is 23.4 Å². The van der Waals surface area contributed by atoms with Gasteiger partial charge in [0.15, 0.2) is 0 Å². The maximum atomic E-state index is 5.82. The number of rotatable bonds is 5. The Morgan fingerprint density at radius 3 is 3.17 bits per heavy atom. The maximum absolute atomic E-state index is 5.82. The van der Waals surface area contributed by atoms with Gasteiger partial charge < -0.3 is 10.1 Å². The largest absolute Gasteiger partial charge is 0.383 e. The lowest BCUT2D eigenvalue weighted by Gasteiger charge is -2.33. The van der Waals surface area contributed by atoms with E-state index in [2.05, 4.69) is 15.2 Å². The molecule has 1 saturated heterocycles. The number of pyridine rings is 1. The normalized spacial score (nSPS) is 20.9. The van der Waals surface area contributed by atoms with Crippen molar-refractivity contribution in [3.63, 3.8) is 0 Å². The summed E-state index contributed by atoms with van der Waals surface area (Å²) in [5, 5.41) is 4.13. The van der Waals surface area contributed by atoms with Gasteiger partial charge in [-0.25, -0.2) is 4.98 Å². The maximum Gasteiger partial charge on any atom is 0.126 e. The van der Waals surface area contributed by atoms with Crippen molar-refractivity contribution >= 4 is 17.4 Å². The van der Waals surface area contributed by atoms with Crippen LogP contribution in [-0.2, 0) is 4.74 Å². The summed E-state index contributed by atoms with van der Waals surface area (Å²) in [6, 6.07) is 4.25. The lowest BCUT2D eigenvalue weighted by atomic mass is 10.1. The lowest BCUT2D eigenvalue weighted by molar-refractivity contribution is 0.131. The van der Waals surface area contributed by atoms with Crippen molar-refractivity contribution < 1.29 is 4.74 Å². The Hall–Kier alpha value is -0.840. The Kier molecular flexibility index (Phi) is 5.23. The summed E-state index contributed by atoms with van der Waals surface area (Å²) in [5.74, 6) is 0.901. The first kappa shape index (κ1) is 13.6. The molecule has 0 radical (unpaired) electrons. The van der Waals surface area contributed by atoms with E-state index < -0.39 is 0 Å². The number of likely N-dealkylation sites (tertiary alicyclic amines) is 1. The highest BCUT2D eigenvalue weighted by molar-refractivity contribution is 6.30. The third-order valence-electron chi connectivity index (χ3n) is 3.20. The molecular weight excluding hydrogens is 250 g/mol. The summed E-state index contributed by atoms with van der Waals surface area (Å²) in [4.78, 5) is 6.70. The third-order valence-corrected chi connectivity index (χ3v) is 3.42. The number of hydrogen-bond donors (Lipinski definition) is 1. The number of anilines is 1. The van der Waals surface area contributed by atoms with Crippen molar-refractivity contribution in [1.82, 2.24) is 9.88 Å². The molecule has 1 aliphatic heterocycles. The molecule has 100 valence electrons. The van der Waals surface area contributed by atoms with Crippen molar-refractivity contribution in [2.24, 2.45) is 0 Å². The van der Waals surface area contributed by atoms with Gasteiger partial charge in [-0.2, -0.15) is 0 Å². The molecule has 1 N–H and O–H groups in total. The smallest absolute Gasteiger partial charge is 0.126 e. The predicted molar refractivity (Wildman–Crippen MR) is 74.2 cm³/mol. The summed E-state index contributed by atoms with van der Waals surface area (Å²) in [7, 11) is 1.75. The fourth-order valence-electron chi connectivity index (χ4n) is 2.27. The van der Waals surface area contributed by atoms with E-state index in [1.807, 2.05) is 12.1 Å². The van der Waals surface area contributed by atoms with Gasteiger partial charge in [0, 0.05) is 32.4 Å². The Labute approximate surface area is 113 Å². The molecule has 1 aliphatic rings. The third kappa shape index (κ3) is 4.12. The van der Waals surface area contributed by atoms with Crippen LogP contribution in [0.25, 0.3) is 0 Å². The number of ether oxygens (including phenoxy) is 1. The van der Waals surface area contributed by atoms with E-state index in [4.69, 9.17) is 16.3 Å². The Morgan fingerprint density at radius 1 is 1.56 bits per heavy atom. The van der Waals surface area contributed by atoms with Gasteiger partial charge in [-0.15, -0.1) is 0 Å². The fourth-order valence-corrected chi connectivity index (χ4v) is 2.38. The van der Waals surface area contributed by atoms with Gasteiger partial charge in [0.2, 0.25) is 0 Å². The Balaban J connectivity index is 1.83. The van der Waals surface area contributed by atoms with Crippen LogP contribution < -0.4 is 5.32 Å². The van der Waals surface area contributed by atoms with Crippen molar-refractivity contribution in [2.75, 3.05) is 38.7 Å². The van der Waals surface area contributed by atoms with Gasteiger partial charge in [-0.3, -0.25) is 4.90 Å². The summed E-state index contributed by atoms with van der Waals surface area (Å²) >= 11 is 5.82. The van der Waals surface area contributed by atoms with Gasteiger partial charge in [0.1, 0.15) is 5.82 Å². The number of nitrogens with one attached hydrogen (secondary N) is 1.